The maximum absolute atomic E-state index is 13.1. The molecule has 0 spiro atoms. The molecule has 0 aliphatic carbocycles. The Morgan fingerprint density at radius 3 is 2.15 bits per heavy atom. The number of benzene rings is 2. The fourth-order valence-corrected chi connectivity index (χ4v) is 4.78. The lowest BCUT2D eigenvalue weighted by Gasteiger charge is -2.32. The summed E-state index contributed by atoms with van der Waals surface area (Å²) in [4.78, 5) is 41.8. The number of amides is 3. The minimum atomic E-state index is -0.324. The van der Waals surface area contributed by atoms with Crippen LogP contribution in [0.1, 0.15) is 50.9 Å². The van der Waals surface area contributed by atoms with E-state index >= 15 is 0 Å². The lowest BCUT2D eigenvalue weighted by atomic mass is 9.94. The van der Waals surface area contributed by atoms with Gasteiger partial charge in [0.2, 0.25) is 5.91 Å². The molecule has 0 saturated carbocycles. The summed E-state index contributed by atoms with van der Waals surface area (Å²) in [5.74, 6) is 0.194. The summed E-state index contributed by atoms with van der Waals surface area (Å²) in [6.45, 7) is 2.46. The van der Waals surface area contributed by atoms with Gasteiger partial charge in [-0.1, -0.05) is 42.5 Å². The first-order valence-electron chi connectivity index (χ1n) is 11.7. The maximum atomic E-state index is 13.1. The molecule has 1 fully saturated rings. The van der Waals surface area contributed by atoms with Crippen LogP contribution in [0.5, 0.6) is 0 Å². The normalized spacial score (nSPS) is 17.6. The number of imide groups is 1. The van der Waals surface area contributed by atoms with E-state index in [9.17, 15) is 14.4 Å². The van der Waals surface area contributed by atoms with Gasteiger partial charge in [-0.15, -0.1) is 0 Å². The Labute approximate surface area is 198 Å². The predicted molar refractivity (Wildman–Crippen MR) is 126 cm³/mol. The first kappa shape index (κ1) is 22.1. The van der Waals surface area contributed by atoms with Crippen LogP contribution in [0.4, 0.5) is 0 Å². The number of fused-ring (bicyclic) bond motifs is 1. The standard InChI is InChI=1S/C27H27N3O4/c31-25(28-24(23-11-6-18-34-23)19-7-2-1-3-8-19)20-12-14-29(15-13-20)16-17-30-26(32)21-9-4-5-10-22(21)27(30)33/h1-11,18,20,24H,12-17H2,(H,28,31). The maximum Gasteiger partial charge on any atom is 0.261 e. The lowest BCUT2D eigenvalue weighted by molar-refractivity contribution is -0.127. The van der Waals surface area contributed by atoms with Crippen molar-refractivity contribution in [1.29, 1.82) is 0 Å². The number of nitrogens with one attached hydrogen (secondary N) is 1. The zero-order chi connectivity index (χ0) is 23.5. The molecule has 7 nitrogen and oxygen atoms in total. The van der Waals surface area contributed by atoms with E-state index < -0.39 is 0 Å². The quantitative estimate of drug-likeness (QED) is 0.549. The van der Waals surface area contributed by atoms with Crippen LogP contribution in [0.15, 0.2) is 77.4 Å². The van der Waals surface area contributed by atoms with E-state index in [4.69, 9.17) is 4.42 Å². The van der Waals surface area contributed by atoms with Gasteiger partial charge in [0.1, 0.15) is 11.8 Å². The molecule has 34 heavy (non-hydrogen) atoms. The van der Waals surface area contributed by atoms with Gasteiger partial charge in [0, 0.05) is 19.0 Å². The Bertz CT molecular complexity index is 1130. The number of hydrogen-bond acceptors (Lipinski definition) is 5. The van der Waals surface area contributed by atoms with E-state index in [1.807, 2.05) is 42.5 Å². The molecule has 2 aliphatic rings. The number of nitrogens with zero attached hydrogens (tertiary/aromatic N) is 2. The second-order valence-corrected chi connectivity index (χ2v) is 8.79. The van der Waals surface area contributed by atoms with Gasteiger partial charge < -0.3 is 14.6 Å². The van der Waals surface area contributed by atoms with Gasteiger partial charge in [-0.2, -0.15) is 0 Å². The summed E-state index contributed by atoms with van der Waals surface area (Å²) in [5.41, 5.74) is 1.93. The van der Waals surface area contributed by atoms with Crippen LogP contribution in [-0.4, -0.2) is 53.7 Å². The molecule has 1 unspecified atom stereocenters. The highest BCUT2D eigenvalue weighted by Gasteiger charge is 2.35. The van der Waals surface area contributed by atoms with Crippen molar-refractivity contribution in [2.75, 3.05) is 26.2 Å². The average molecular weight is 458 g/mol. The molecule has 1 N–H and O–H groups in total. The van der Waals surface area contributed by atoms with Gasteiger partial charge in [0.25, 0.3) is 11.8 Å². The fourth-order valence-electron chi connectivity index (χ4n) is 4.78. The minimum absolute atomic E-state index is 0.0188. The highest BCUT2D eigenvalue weighted by molar-refractivity contribution is 6.21. The third-order valence-corrected chi connectivity index (χ3v) is 6.72. The summed E-state index contributed by atoms with van der Waals surface area (Å²) in [6.07, 6.45) is 3.07. The van der Waals surface area contributed by atoms with E-state index in [0.717, 1.165) is 31.5 Å². The molecule has 3 heterocycles. The van der Waals surface area contributed by atoms with Crippen molar-refractivity contribution in [3.05, 3.63) is 95.4 Å². The minimum Gasteiger partial charge on any atom is -0.467 e. The van der Waals surface area contributed by atoms with E-state index in [-0.39, 0.29) is 29.7 Å². The molecule has 1 aromatic heterocycles. The predicted octanol–water partition coefficient (Wildman–Crippen LogP) is 3.49. The van der Waals surface area contributed by atoms with Gasteiger partial charge in [-0.05, 0) is 55.8 Å². The molecule has 5 rings (SSSR count). The SMILES string of the molecule is O=C(NC(c1ccccc1)c1ccco1)C1CCN(CCN2C(=O)c3ccccc3C2=O)CC1. The zero-order valence-electron chi connectivity index (χ0n) is 18.9. The highest BCUT2D eigenvalue weighted by atomic mass is 16.3. The fraction of sp³-hybridized carbons (Fsp3) is 0.296. The lowest BCUT2D eigenvalue weighted by Crippen LogP contribution is -2.44. The second-order valence-electron chi connectivity index (χ2n) is 8.79. The molecule has 1 saturated heterocycles. The number of rotatable bonds is 7. The Morgan fingerprint density at radius 1 is 0.882 bits per heavy atom. The summed E-state index contributed by atoms with van der Waals surface area (Å²) >= 11 is 0. The molecule has 3 aromatic rings. The Kier molecular flexibility index (Phi) is 6.27. The Balaban J connectivity index is 1.14. The summed E-state index contributed by atoms with van der Waals surface area (Å²) < 4.78 is 5.59. The molecule has 1 atom stereocenters. The molecular weight excluding hydrogens is 430 g/mol. The number of piperidine rings is 1. The van der Waals surface area contributed by atoms with Crippen molar-refractivity contribution in [2.24, 2.45) is 5.92 Å². The largest absolute Gasteiger partial charge is 0.467 e. The smallest absolute Gasteiger partial charge is 0.261 e. The molecule has 2 aliphatic heterocycles. The van der Waals surface area contributed by atoms with Crippen molar-refractivity contribution >= 4 is 17.7 Å². The topological polar surface area (TPSA) is 82.9 Å². The van der Waals surface area contributed by atoms with Crippen molar-refractivity contribution in [3.63, 3.8) is 0 Å². The van der Waals surface area contributed by atoms with Crippen LogP contribution < -0.4 is 5.32 Å². The molecule has 7 heteroatoms. The number of carbonyl (C=O) groups is 3. The summed E-state index contributed by atoms with van der Waals surface area (Å²) in [7, 11) is 0. The summed E-state index contributed by atoms with van der Waals surface area (Å²) in [6, 6.07) is 20.1. The average Bonchev–Trinajstić information content (AvgIpc) is 3.50. The van der Waals surface area contributed by atoms with Crippen LogP contribution in [0.25, 0.3) is 0 Å². The van der Waals surface area contributed by atoms with E-state index in [0.29, 0.717) is 30.0 Å². The van der Waals surface area contributed by atoms with E-state index in [1.54, 1.807) is 30.5 Å². The van der Waals surface area contributed by atoms with Crippen molar-refractivity contribution in [3.8, 4) is 0 Å². The second kappa shape index (κ2) is 9.65. The van der Waals surface area contributed by atoms with Crippen LogP contribution in [0.2, 0.25) is 0 Å². The summed E-state index contributed by atoms with van der Waals surface area (Å²) in [5, 5.41) is 3.17. The molecule has 2 aromatic carbocycles. The molecule has 174 valence electrons. The Morgan fingerprint density at radius 2 is 1.53 bits per heavy atom. The van der Waals surface area contributed by atoms with Crippen molar-refractivity contribution < 1.29 is 18.8 Å². The monoisotopic (exact) mass is 457 g/mol. The highest BCUT2D eigenvalue weighted by Crippen LogP contribution is 2.26. The van der Waals surface area contributed by atoms with E-state index in [1.165, 1.54) is 4.90 Å². The van der Waals surface area contributed by atoms with Gasteiger partial charge in [0.05, 0.1) is 17.4 Å². The van der Waals surface area contributed by atoms with Crippen molar-refractivity contribution in [1.82, 2.24) is 15.1 Å². The van der Waals surface area contributed by atoms with Gasteiger partial charge in [-0.3, -0.25) is 19.3 Å². The molecule has 3 amide bonds. The number of furan rings is 1. The molecule has 0 radical (unpaired) electrons. The van der Waals surface area contributed by atoms with Gasteiger partial charge in [0.15, 0.2) is 0 Å². The van der Waals surface area contributed by atoms with Crippen LogP contribution in [0, 0.1) is 5.92 Å². The first-order chi connectivity index (χ1) is 16.6. The third kappa shape index (κ3) is 4.39. The number of carbonyl (C=O) groups excluding carboxylic acids is 3. The van der Waals surface area contributed by atoms with Crippen molar-refractivity contribution in [2.45, 2.75) is 18.9 Å². The zero-order valence-corrected chi connectivity index (χ0v) is 18.9. The van der Waals surface area contributed by atoms with Crippen LogP contribution in [-0.2, 0) is 4.79 Å². The van der Waals surface area contributed by atoms with Gasteiger partial charge in [-0.25, -0.2) is 0 Å². The first-order valence-corrected chi connectivity index (χ1v) is 11.7. The molecular formula is C27H27N3O4. The van der Waals surface area contributed by atoms with Crippen LogP contribution in [0.3, 0.4) is 0 Å². The number of likely N-dealkylation sites (tertiary alicyclic amines) is 1. The van der Waals surface area contributed by atoms with Gasteiger partial charge >= 0.3 is 0 Å². The van der Waals surface area contributed by atoms with Crippen LogP contribution >= 0.6 is 0 Å². The number of hydrogen-bond donors (Lipinski definition) is 1. The van der Waals surface area contributed by atoms with E-state index in [2.05, 4.69) is 10.2 Å². The third-order valence-electron chi connectivity index (χ3n) is 6.72. The molecule has 0 bridgehead atoms. The Hall–Kier alpha value is -3.71.